The fraction of sp³-hybridized carbons (Fsp3) is 0.118. The summed E-state index contributed by atoms with van der Waals surface area (Å²) < 4.78 is 5.48. The van der Waals surface area contributed by atoms with Crippen LogP contribution in [0.1, 0.15) is 17.3 Å². The molecule has 0 radical (unpaired) electrons. The van der Waals surface area contributed by atoms with E-state index in [9.17, 15) is 9.59 Å². The monoisotopic (exact) mass is 445 g/mol. The maximum atomic E-state index is 12.1. The first kappa shape index (κ1) is 21.2. The van der Waals surface area contributed by atoms with Gasteiger partial charge < -0.3 is 4.74 Å². The highest BCUT2D eigenvalue weighted by Crippen LogP contribution is 2.28. The van der Waals surface area contributed by atoms with E-state index in [-0.39, 0.29) is 10.1 Å². The highest BCUT2D eigenvalue weighted by atomic mass is 35.5. The first-order valence-electron chi connectivity index (χ1n) is 7.54. The van der Waals surface area contributed by atoms with Gasteiger partial charge >= 0.3 is 0 Å². The number of carbonyl (C=O) groups is 2. The van der Waals surface area contributed by atoms with Crippen molar-refractivity contribution < 1.29 is 14.3 Å². The zero-order valence-corrected chi connectivity index (χ0v) is 17.0. The Morgan fingerprint density at radius 3 is 2.26 bits per heavy atom. The number of hydrogen-bond donors (Lipinski definition) is 3. The van der Waals surface area contributed by atoms with Crippen LogP contribution in [0.2, 0.25) is 15.1 Å². The second-order valence-corrected chi connectivity index (χ2v) is 6.93. The Bertz CT molecular complexity index is 862. The minimum absolute atomic E-state index is 0.0973. The van der Waals surface area contributed by atoms with Gasteiger partial charge in [0.1, 0.15) is 5.75 Å². The average Bonchev–Trinajstić information content (AvgIpc) is 2.62. The van der Waals surface area contributed by atoms with E-state index in [2.05, 4.69) is 16.2 Å². The maximum absolute atomic E-state index is 12.1. The number of amides is 2. The number of hydrogen-bond acceptors (Lipinski definition) is 4. The average molecular weight is 447 g/mol. The second-order valence-electron chi connectivity index (χ2n) is 5.24. The molecule has 27 heavy (non-hydrogen) atoms. The predicted octanol–water partition coefficient (Wildman–Crippen LogP) is 3.75. The zero-order chi connectivity index (χ0) is 20.0. The van der Waals surface area contributed by atoms with E-state index in [1.807, 2.05) is 0 Å². The van der Waals surface area contributed by atoms with Crippen LogP contribution in [0.3, 0.4) is 0 Å². The third kappa shape index (κ3) is 6.55. The van der Waals surface area contributed by atoms with E-state index in [0.717, 1.165) is 0 Å². The quantitative estimate of drug-likeness (QED) is 0.492. The molecule has 6 nitrogen and oxygen atoms in total. The van der Waals surface area contributed by atoms with Gasteiger partial charge in [-0.2, -0.15) is 0 Å². The third-order valence-corrected chi connectivity index (χ3v) is 4.19. The lowest BCUT2D eigenvalue weighted by molar-refractivity contribution is -0.125. The van der Waals surface area contributed by atoms with Gasteiger partial charge in [-0.3, -0.25) is 25.8 Å². The van der Waals surface area contributed by atoms with Crippen molar-refractivity contribution in [2.24, 2.45) is 0 Å². The van der Waals surface area contributed by atoms with Crippen LogP contribution in [0, 0.1) is 0 Å². The van der Waals surface area contributed by atoms with Gasteiger partial charge in [0, 0.05) is 15.6 Å². The highest BCUT2D eigenvalue weighted by molar-refractivity contribution is 7.80. The van der Waals surface area contributed by atoms with E-state index in [1.54, 1.807) is 36.4 Å². The van der Waals surface area contributed by atoms with Gasteiger partial charge in [-0.1, -0.05) is 34.8 Å². The summed E-state index contributed by atoms with van der Waals surface area (Å²) in [4.78, 5) is 24.1. The molecule has 1 unspecified atom stereocenters. The molecule has 0 saturated heterocycles. The molecule has 0 saturated carbocycles. The van der Waals surface area contributed by atoms with Gasteiger partial charge in [-0.25, -0.2) is 0 Å². The Kier molecular flexibility index (Phi) is 7.67. The summed E-state index contributed by atoms with van der Waals surface area (Å²) in [6, 6.07) is 10.9. The van der Waals surface area contributed by atoms with Crippen molar-refractivity contribution >= 4 is 63.9 Å². The molecule has 0 spiro atoms. The molecule has 0 aliphatic carbocycles. The van der Waals surface area contributed by atoms with Crippen molar-refractivity contribution in [3.8, 4) is 5.75 Å². The number of nitrogens with one attached hydrogen (secondary N) is 3. The van der Waals surface area contributed by atoms with Crippen LogP contribution in [0.15, 0.2) is 42.5 Å². The van der Waals surface area contributed by atoms with Gasteiger partial charge in [0.25, 0.3) is 11.8 Å². The van der Waals surface area contributed by atoms with Crippen LogP contribution < -0.4 is 20.9 Å². The molecular formula is C17H14Cl3N3O3S. The van der Waals surface area contributed by atoms with Crippen molar-refractivity contribution in [3.63, 3.8) is 0 Å². The summed E-state index contributed by atoms with van der Waals surface area (Å²) in [5.41, 5.74) is 5.17. The van der Waals surface area contributed by atoms with Gasteiger partial charge in [-0.05, 0) is 61.6 Å². The van der Waals surface area contributed by atoms with E-state index in [4.69, 9.17) is 51.8 Å². The topological polar surface area (TPSA) is 79.5 Å². The summed E-state index contributed by atoms with van der Waals surface area (Å²) in [5, 5.41) is 3.54. The summed E-state index contributed by atoms with van der Waals surface area (Å²) >= 11 is 22.5. The molecule has 0 fully saturated rings. The fourth-order valence-corrected chi connectivity index (χ4v) is 2.58. The number of benzene rings is 2. The third-order valence-electron chi connectivity index (χ3n) is 3.20. The molecule has 0 aliphatic heterocycles. The summed E-state index contributed by atoms with van der Waals surface area (Å²) in [6.45, 7) is 1.52. The molecule has 2 aromatic rings. The Hall–Kier alpha value is -2.06. The van der Waals surface area contributed by atoms with Crippen molar-refractivity contribution in [3.05, 3.63) is 63.1 Å². The molecule has 2 amide bonds. The molecule has 3 N–H and O–H groups in total. The van der Waals surface area contributed by atoms with Crippen molar-refractivity contribution in [1.82, 2.24) is 16.2 Å². The van der Waals surface area contributed by atoms with E-state index in [1.165, 1.54) is 13.0 Å². The molecule has 2 rings (SSSR count). The number of rotatable bonds is 4. The van der Waals surface area contributed by atoms with Crippen LogP contribution in [0.5, 0.6) is 5.75 Å². The lowest BCUT2D eigenvalue weighted by atomic mass is 10.2. The van der Waals surface area contributed by atoms with Crippen molar-refractivity contribution in [1.29, 1.82) is 0 Å². The Balaban J connectivity index is 1.82. The molecule has 0 aromatic heterocycles. The summed E-state index contributed by atoms with van der Waals surface area (Å²) in [6.07, 6.45) is -0.893. The van der Waals surface area contributed by atoms with Gasteiger partial charge in [0.05, 0.1) is 5.02 Å². The number of hydrazine groups is 1. The van der Waals surface area contributed by atoms with Crippen molar-refractivity contribution in [2.75, 3.05) is 0 Å². The van der Waals surface area contributed by atoms with E-state index < -0.39 is 17.9 Å². The standard InChI is InChI=1S/C17H14Cl3N3O3S/c1-9(26-14-7-6-12(19)8-13(14)20)15(24)21-17(27)23-22-16(25)10-2-4-11(18)5-3-10/h2-9H,1H3,(H,22,25)(H2,21,23,24,27). The molecule has 1 atom stereocenters. The molecule has 142 valence electrons. The summed E-state index contributed by atoms with van der Waals surface area (Å²) in [7, 11) is 0. The van der Waals surface area contributed by atoms with Crippen LogP contribution in [0.25, 0.3) is 0 Å². The number of carbonyl (C=O) groups excluding carboxylic acids is 2. The number of halogens is 3. The van der Waals surface area contributed by atoms with Crippen LogP contribution in [0.4, 0.5) is 0 Å². The van der Waals surface area contributed by atoms with E-state index >= 15 is 0 Å². The maximum Gasteiger partial charge on any atom is 0.269 e. The van der Waals surface area contributed by atoms with E-state index in [0.29, 0.717) is 21.4 Å². The minimum atomic E-state index is -0.893. The van der Waals surface area contributed by atoms with Crippen LogP contribution in [-0.4, -0.2) is 23.0 Å². The van der Waals surface area contributed by atoms with Crippen molar-refractivity contribution in [2.45, 2.75) is 13.0 Å². The molecule has 0 bridgehead atoms. The molecule has 2 aromatic carbocycles. The smallest absolute Gasteiger partial charge is 0.269 e. The summed E-state index contributed by atoms with van der Waals surface area (Å²) in [5.74, 6) is -0.668. The molecule has 10 heteroatoms. The van der Waals surface area contributed by atoms with Crippen LogP contribution in [-0.2, 0) is 4.79 Å². The normalized spacial score (nSPS) is 11.3. The first-order chi connectivity index (χ1) is 12.8. The Morgan fingerprint density at radius 1 is 1.00 bits per heavy atom. The second kappa shape index (κ2) is 9.75. The Morgan fingerprint density at radius 2 is 1.63 bits per heavy atom. The largest absolute Gasteiger partial charge is 0.479 e. The molecular weight excluding hydrogens is 433 g/mol. The number of ether oxygens (including phenoxy) is 1. The first-order valence-corrected chi connectivity index (χ1v) is 9.09. The zero-order valence-electron chi connectivity index (χ0n) is 13.9. The molecule has 0 aliphatic rings. The lowest BCUT2D eigenvalue weighted by Crippen LogP contribution is -2.51. The van der Waals surface area contributed by atoms with Gasteiger partial charge in [-0.15, -0.1) is 0 Å². The SMILES string of the molecule is CC(Oc1ccc(Cl)cc1Cl)C(=O)NC(=S)NNC(=O)c1ccc(Cl)cc1. The van der Waals surface area contributed by atoms with Gasteiger partial charge in [0.2, 0.25) is 0 Å². The minimum Gasteiger partial charge on any atom is -0.479 e. The Labute approximate surface area is 176 Å². The fourth-order valence-electron chi connectivity index (χ4n) is 1.85. The number of thiocarbonyl (C=S) groups is 1. The van der Waals surface area contributed by atoms with Crippen LogP contribution >= 0.6 is 47.0 Å². The predicted molar refractivity (Wildman–Crippen MR) is 109 cm³/mol. The van der Waals surface area contributed by atoms with Gasteiger partial charge in [0.15, 0.2) is 11.2 Å². The lowest BCUT2D eigenvalue weighted by Gasteiger charge is -2.16. The molecule has 0 heterocycles. The highest BCUT2D eigenvalue weighted by Gasteiger charge is 2.17.